The summed E-state index contributed by atoms with van der Waals surface area (Å²) in [4.78, 5) is 17.1. The Morgan fingerprint density at radius 1 is 1.16 bits per heavy atom. The van der Waals surface area contributed by atoms with Crippen molar-refractivity contribution < 1.29 is 9.53 Å². The highest BCUT2D eigenvalue weighted by molar-refractivity contribution is 7.07. The summed E-state index contributed by atoms with van der Waals surface area (Å²) in [5.74, 6) is 1.07. The van der Waals surface area contributed by atoms with E-state index in [0.717, 1.165) is 34.0 Å². The molecule has 1 aromatic carbocycles. The van der Waals surface area contributed by atoms with Gasteiger partial charge < -0.3 is 10.1 Å². The van der Waals surface area contributed by atoms with Gasteiger partial charge in [0, 0.05) is 18.3 Å². The first-order chi connectivity index (χ1) is 12.1. The Hall–Kier alpha value is -2.80. The number of nitrogens with one attached hydrogen (secondary N) is 1. The largest absolute Gasteiger partial charge is 0.438 e. The molecule has 1 amide bonds. The maximum Gasteiger partial charge on any atom is 0.265 e. The van der Waals surface area contributed by atoms with Crippen molar-refractivity contribution in [2.75, 3.05) is 0 Å². The molecular weight excluding hydrogens is 336 g/mol. The van der Waals surface area contributed by atoms with Crippen LogP contribution in [0.5, 0.6) is 11.6 Å². The lowest BCUT2D eigenvalue weighted by Gasteiger charge is -2.14. The van der Waals surface area contributed by atoms with Crippen LogP contribution in [0.1, 0.15) is 32.1 Å². The molecule has 3 rings (SSSR count). The van der Waals surface area contributed by atoms with E-state index in [9.17, 15) is 4.79 Å². The second kappa shape index (κ2) is 7.40. The van der Waals surface area contributed by atoms with Crippen molar-refractivity contribution in [3.63, 3.8) is 0 Å². The third kappa shape index (κ3) is 3.83. The highest BCUT2D eigenvalue weighted by Crippen LogP contribution is 2.29. The molecule has 3 aromatic rings. The molecule has 0 unspecified atom stereocenters. The first-order valence-corrected chi connectivity index (χ1v) is 8.58. The molecule has 7 heteroatoms. The minimum Gasteiger partial charge on any atom is -0.438 e. The van der Waals surface area contributed by atoms with Crippen molar-refractivity contribution in [2.45, 2.75) is 27.3 Å². The van der Waals surface area contributed by atoms with Crippen LogP contribution in [0.2, 0.25) is 0 Å². The fourth-order valence-electron chi connectivity index (χ4n) is 2.40. The maximum absolute atomic E-state index is 12.2. The van der Waals surface area contributed by atoms with Gasteiger partial charge in [-0.15, -0.1) is 5.10 Å². The summed E-state index contributed by atoms with van der Waals surface area (Å²) in [6, 6.07) is 9.67. The Morgan fingerprint density at radius 3 is 2.60 bits per heavy atom. The molecule has 0 fully saturated rings. The van der Waals surface area contributed by atoms with Gasteiger partial charge >= 0.3 is 0 Å². The van der Waals surface area contributed by atoms with E-state index in [0.29, 0.717) is 23.0 Å². The second-order valence-electron chi connectivity index (χ2n) is 5.66. The zero-order chi connectivity index (χ0) is 17.8. The number of nitrogens with zero attached hydrogens (tertiary/aromatic N) is 3. The highest BCUT2D eigenvalue weighted by Gasteiger charge is 2.15. The maximum atomic E-state index is 12.2. The van der Waals surface area contributed by atoms with E-state index < -0.39 is 0 Å². The molecule has 2 heterocycles. The number of carbonyl (C=O) groups excluding carboxylic acids is 1. The van der Waals surface area contributed by atoms with Crippen LogP contribution in [-0.2, 0) is 6.54 Å². The van der Waals surface area contributed by atoms with Crippen molar-refractivity contribution >= 4 is 17.4 Å². The number of aromatic nitrogens is 3. The van der Waals surface area contributed by atoms with E-state index in [2.05, 4.69) is 19.9 Å². The number of para-hydroxylation sites is 1. The average molecular weight is 354 g/mol. The smallest absolute Gasteiger partial charge is 0.265 e. The molecule has 6 nitrogen and oxygen atoms in total. The van der Waals surface area contributed by atoms with Crippen molar-refractivity contribution in [1.82, 2.24) is 19.9 Å². The number of hydrogen-bond acceptors (Lipinski definition) is 6. The molecule has 0 spiro atoms. The Kier molecular flexibility index (Phi) is 5.04. The predicted octanol–water partition coefficient (Wildman–Crippen LogP) is 3.58. The molecule has 0 aliphatic rings. The summed E-state index contributed by atoms with van der Waals surface area (Å²) in [5, 5.41) is 6.73. The highest BCUT2D eigenvalue weighted by atomic mass is 32.1. The van der Waals surface area contributed by atoms with Gasteiger partial charge in [0.05, 0.1) is 5.69 Å². The van der Waals surface area contributed by atoms with Gasteiger partial charge in [0.1, 0.15) is 10.6 Å². The van der Waals surface area contributed by atoms with Crippen LogP contribution in [0.3, 0.4) is 0 Å². The third-order valence-electron chi connectivity index (χ3n) is 3.75. The van der Waals surface area contributed by atoms with Gasteiger partial charge in [0.25, 0.3) is 5.91 Å². The van der Waals surface area contributed by atoms with Gasteiger partial charge in [-0.3, -0.25) is 4.79 Å². The van der Waals surface area contributed by atoms with E-state index in [4.69, 9.17) is 4.74 Å². The fraction of sp³-hybridized carbons (Fsp3) is 0.222. The summed E-state index contributed by atoms with van der Waals surface area (Å²) >= 11 is 1.08. The number of benzene rings is 1. The number of rotatable bonds is 5. The molecule has 0 aliphatic heterocycles. The number of pyridine rings is 1. The summed E-state index contributed by atoms with van der Waals surface area (Å²) in [5.41, 5.74) is 3.49. The first-order valence-electron chi connectivity index (χ1n) is 7.81. The number of aryl methyl sites for hydroxylation is 3. The van der Waals surface area contributed by atoms with E-state index in [1.807, 2.05) is 44.2 Å². The molecule has 0 radical (unpaired) electrons. The third-order valence-corrected chi connectivity index (χ3v) is 4.58. The minimum absolute atomic E-state index is 0.200. The molecule has 0 aliphatic carbocycles. The zero-order valence-electron chi connectivity index (χ0n) is 14.2. The normalized spacial score (nSPS) is 10.5. The molecule has 128 valence electrons. The van der Waals surface area contributed by atoms with E-state index in [-0.39, 0.29) is 5.91 Å². The van der Waals surface area contributed by atoms with Crippen LogP contribution in [-0.4, -0.2) is 20.5 Å². The monoisotopic (exact) mass is 354 g/mol. The van der Waals surface area contributed by atoms with Gasteiger partial charge in [0.15, 0.2) is 0 Å². The lowest BCUT2D eigenvalue weighted by molar-refractivity contribution is 0.0954. The summed E-state index contributed by atoms with van der Waals surface area (Å²) < 4.78 is 9.82. The summed E-state index contributed by atoms with van der Waals surface area (Å²) in [7, 11) is 0. The number of carbonyl (C=O) groups is 1. The van der Waals surface area contributed by atoms with Crippen LogP contribution < -0.4 is 10.1 Å². The lowest BCUT2D eigenvalue weighted by Crippen LogP contribution is -2.23. The Morgan fingerprint density at radius 2 is 1.92 bits per heavy atom. The predicted molar refractivity (Wildman–Crippen MR) is 96.0 cm³/mol. The number of hydrogen-bond donors (Lipinski definition) is 1. The number of ether oxygens (including phenoxy) is 1. The van der Waals surface area contributed by atoms with Crippen LogP contribution in [0.25, 0.3) is 0 Å². The van der Waals surface area contributed by atoms with Crippen molar-refractivity contribution in [1.29, 1.82) is 0 Å². The summed E-state index contributed by atoms with van der Waals surface area (Å²) in [6.45, 7) is 6.06. The van der Waals surface area contributed by atoms with Crippen LogP contribution >= 0.6 is 11.5 Å². The molecule has 2 aromatic heterocycles. The van der Waals surface area contributed by atoms with Gasteiger partial charge in [-0.2, -0.15) is 0 Å². The van der Waals surface area contributed by atoms with Crippen molar-refractivity contribution in [3.8, 4) is 11.6 Å². The van der Waals surface area contributed by atoms with Crippen molar-refractivity contribution in [2.24, 2.45) is 0 Å². The SMILES string of the molecule is Cc1cccc(C)c1Oc1ncccc1CNC(=O)c1snnc1C. The van der Waals surface area contributed by atoms with E-state index in [1.54, 1.807) is 13.1 Å². The molecule has 0 saturated heterocycles. The molecular formula is C18H18N4O2S. The van der Waals surface area contributed by atoms with Crippen LogP contribution in [0.4, 0.5) is 0 Å². The Bertz CT molecular complexity index is 887. The van der Waals surface area contributed by atoms with Gasteiger partial charge in [0.2, 0.25) is 5.88 Å². The van der Waals surface area contributed by atoms with Crippen molar-refractivity contribution in [3.05, 3.63) is 63.8 Å². The summed E-state index contributed by atoms with van der Waals surface area (Å²) in [6.07, 6.45) is 1.67. The van der Waals surface area contributed by atoms with Gasteiger partial charge in [-0.05, 0) is 49.5 Å². The zero-order valence-corrected chi connectivity index (χ0v) is 15.1. The lowest BCUT2D eigenvalue weighted by atomic mass is 10.1. The molecule has 25 heavy (non-hydrogen) atoms. The molecule has 0 bridgehead atoms. The number of amides is 1. The Balaban J connectivity index is 1.77. The van der Waals surface area contributed by atoms with Crippen LogP contribution in [0.15, 0.2) is 36.5 Å². The molecule has 1 N–H and O–H groups in total. The van der Waals surface area contributed by atoms with Gasteiger partial charge in [-0.1, -0.05) is 28.8 Å². The minimum atomic E-state index is -0.200. The molecule has 0 atom stereocenters. The first kappa shape index (κ1) is 17.0. The Labute approximate surface area is 150 Å². The van der Waals surface area contributed by atoms with E-state index >= 15 is 0 Å². The van der Waals surface area contributed by atoms with E-state index in [1.165, 1.54) is 0 Å². The van der Waals surface area contributed by atoms with Crippen LogP contribution in [0, 0.1) is 20.8 Å². The quantitative estimate of drug-likeness (QED) is 0.758. The fourth-order valence-corrected chi connectivity index (χ4v) is 2.98. The molecule has 0 saturated carbocycles. The average Bonchev–Trinajstić information content (AvgIpc) is 3.03. The van der Waals surface area contributed by atoms with Gasteiger partial charge in [-0.25, -0.2) is 4.98 Å². The standard InChI is InChI=1S/C18H18N4O2S/c1-11-6-4-7-12(2)15(11)24-18-14(8-5-9-19-18)10-20-17(23)16-13(3)21-22-25-16/h4-9H,10H2,1-3H3,(H,20,23). The topological polar surface area (TPSA) is 77.0 Å². The second-order valence-corrected chi connectivity index (χ2v) is 6.41.